The molecule has 1 aromatic heterocycles. The fourth-order valence-electron chi connectivity index (χ4n) is 0.831. The zero-order valence-electron chi connectivity index (χ0n) is 7.07. The molecule has 5 nitrogen and oxygen atoms in total. The van der Waals surface area contributed by atoms with Crippen molar-refractivity contribution in [3.63, 3.8) is 0 Å². The summed E-state index contributed by atoms with van der Waals surface area (Å²) in [5.74, 6) is -0.916. The molecular weight excluding hydrogens is 175 g/mol. The summed E-state index contributed by atoms with van der Waals surface area (Å²) in [5, 5.41) is 0. The monoisotopic (exact) mass is 184 g/mol. The maximum absolute atomic E-state index is 12.5. The lowest BCUT2D eigenvalue weighted by molar-refractivity contribution is -0.116. The number of hydrogen-bond acceptors (Lipinski definition) is 4. The predicted molar refractivity (Wildman–Crippen MR) is 44.5 cm³/mol. The molecule has 0 atom stereocenters. The number of primary amides is 1. The van der Waals surface area contributed by atoms with Gasteiger partial charge >= 0.3 is 0 Å². The third-order valence-electron chi connectivity index (χ3n) is 1.38. The van der Waals surface area contributed by atoms with E-state index in [4.69, 9.17) is 5.73 Å². The number of nitrogens with two attached hydrogens (primary N) is 1. The van der Waals surface area contributed by atoms with Crippen LogP contribution in [0.2, 0.25) is 0 Å². The second-order valence-electron chi connectivity index (χ2n) is 2.52. The van der Waals surface area contributed by atoms with Gasteiger partial charge in [0.25, 0.3) is 0 Å². The first-order chi connectivity index (χ1) is 6.09. The van der Waals surface area contributed by atoms with E-state index in [0.717, 1.165) is 6.20 Å². The molecular formula is C7H9FN4O. The lowest BCUT2D eigenvalue weighted by Crippen LogP contribution is -2.31. The van der Waals surface area contributed by atoms with E-state index in [1.807, 2.05) is 0 Å². The van der Waals surface area contributed by atoms with Gasteiger partial charge < -0.3 is 10.6 Å². The number of nitrogens with zero attached hydrogens (tertiary/aromatic N) is 3. The number of anilines is 1. The zero-order valence-corrected chi connectivity index (χ0v) is 7.07. The normalized spacial score (nSPS) is 9.69. The average Bonchev–Trinajstić information content (AvgIpc) is 2.03. The molecule has 70 valence electrons. The van der Waals surface area contributed by atoms with E-state index in [9.17, 15) is 9.18 Å². The van der Waals surface area contributed by atoms with E-state index >= 15 is 0 Å². The van der Waals surface area contributed by atoms with Gasteiger partial charge in [-0.3, -0.25) is 9.78 Å². The lowest BCUT2D eigenvalue weighted by Gasteiger charge is -2.14. The second kappa shape index (κ2) is 3.79. The summed E-state index contributed by atoms with van der Waals surface area (Å²) in [6, 6.07) is 0. The fourth-order valence-corrected chi connectivity index (χ4v) is 0.831. The molecule has 0 aromatic carbocycles. The number of halogens is 1. The largest absolute Gasteiger partial charge is 0.368 e. The van der Waals surface area contributed by atoms with E-state index in [1.165, 1.54) is 11.1 Å². The zero-order chi connectivity index (χ0) is 9.84. The van der Waals surface area contributed by atoms with Crippen LogP contribution in [-0.4, -0.2) is 29.5 Å². The highest BCUT2D eigenvalue weighted by Crippen LogP contribution is 2.05. The van der Waals surface area contributed by atoms with Gasteiger partial charge in [-0.05, 0) is 0 Å². The summed E-state index contributed by atoms with van der Waals surface area (Å²) >= 11 is 0. The summed E-state index contributed by atoms with van der Waals surface area (Å²) < 4.78 is 12.5. The van der Waals surface area contributed by atoms with Crippen LogP contribution in [0.3, 0.4) is 0 Å². The number of carbonyl (C=O) groups excluding carboxylic acids is 1. The number of hydrogen-bond donors (Lipinski definition) is 1. The smallest absolute Gasteiger partial charge is 0.236 e. The van der Waals surface area contributed by atoms with E-state index in [0.29, 0.717) is 0 Å². The molecule has 2 N–H and O–H groups in total. The van der Waals surface area contributed by atoms with Gasteiger partial charge in [-0.15, -0.1) is 0 Å². The third-order valence-corrected chi connectivity index (χ3v) is 1.38. The summed E-state index contributed by atoms with van der Waals surface area (Å²) in [6.45, 7) is -0.0157. The Morgan fingerprint density at radius 2 is 2.38 bits per heavy atom. The Hall–Kier alpha value is -1.72. The maximum atomic E-state index is 12.5. The SMILES string of the molecule is CN(CC(N)=O)c1cncc(F)n1. The molecule has 0 unspecified atom stereocenters. The summed E-state index contributed by atoms with van der Waals surface area (Å²) in [4.78, 5) is 19.0. The summed E-state index contributed by atoms with van der Waals surface area (Å²) in [5.41, 5.74) is 4.95. The van der Waals surface area contributed by atoms with Crippen LogP contribution in [0.4, 0.5) is 10.2 Å². The molecule has 0 spiro atoms. The molecule has 6 heteroatoms. The van der Waals surface area contributed by atoms with E-state index in [-0.39, 0.29) is 12.4 Å². The highest BCUT2D eigenvalue weighted by atomic mass is 19.1. The van der Waals surface area contributed by atoms with Crippen LogP contribution in [0.5, 0.6) is 0 Å². The highest BCUT2D eigenvalue weighted by molar-refractivity contribution is 5.78. The Morgan fingerprint density at radius 1 is 1.69 bits per heavy atom. The van der Waals surface area contributed by atoms with Crippen LogP contribution in [0.1, 0.15) is 0 Å². The molecule has 0 fully saturated rings. The minimum Gasteiger partial charge on any atom is -0.368 e. The Kier molecular flexibility index (Phi) is 2.73. The van der Waals surface area contributed by atoms with Crippen molar-refractivity contribution in [2.75, 3.05) is 18.5 Å². The van der Waals surface area contributed by atoms with Gasteiger partial charge in [-0.1, -0.05) is 0 Å². The molecule has 0 radical (unpaired) electrons. The molecule has 0 bridgehead atoms. The van der Waals surface area contributed by atoms with Crippen LogP contribution < -0.4 is 10.6 Å². The average molecular weight is 184 g/mol. The maximum Gasteiger partial charge on any atom is 0.236 e. The minimum atomic E-state index is -0.686. The van der Waals surface area contributed by atoms with E-state index < -0.39 is 11.9 Å². The second-order valence-corrected chi connectivity index (χ2v) is 2.52. The van der Waals surface area contributed by atoms with Gasteiger partial charge in [-0.25, -0.2) is 0 Å². The molecule has 0 aliphatic rings. The van der Waals surface area contributed by atoms with Crippen molar-refractivity contribution in [1.29, 1.82) is 0 Å². The van der Waals surface area contributed by atoms with Crippen molar-refractivity contribution in [2.24, 2.45) is 5.73 Å². The third kappa shape index (κ3) is 2.66. The van der Waals surface area contributed by atoms with Crippen molar-refractivity contribution >= 4 is 11.7 Å². The molecule has 0 saturated carbocycles. The molecule has 1 heterocycles. The quantitative estimate of drug-likeness (QED) is 0.689. The lowest BCUT2D eigenvalue weighted by atomic mass is 10.5. The molecule has 13 heavy (non-hydrogen) atoms. The number of amides is 1. The van der Waals surface area contributed by atoms with Crippen LogP contribution in [-0.2, 0) is 4.79 Å². The Labute approximate surface area is 74.4 Å². The number of rotatable bonds is 3. The fraction of sp³-hybridized carbons (Fsp3) is 0.286. The van der Waals surface area contributed by atoms with Gasteiger partial charge in [-0.2, -0.15) is 9.37 Å². The molecule has 0 aliphatic heterocycles. The summed E-state index contributed by atoms with van der Waals surface area (Å²) in [7, 11) is 1.58. The molecule has 1 rings (SSSR count). The van der Waals surface area contributed by atoms with Crippen molar-refractivity contribution in [3.05, 3.63) is 18.3 Å². The molecule has 0 saturated heterocycles. The topological polar surface area (TPSA) is 72.1 Å². The molecule has 0 aliphatic carbocycles. The van der Waals surface area contributed by atoms with E-state index in [2.05, 4.69) is 9.97 Å². The van der Waals surface area contributed by atoms with Crippen molar-refractivity contribution in [1.82, 2.24) is 9.97 Å². The van der Waals surface area contributed by atoms with Crippen molar-refractivity contribution < 1.29 is 9.18 Å². The molecule has 1 aromatic rings. The standard InChI is InChI=1S/C7H9FN4O/c1-12(4-6(9)13)7-3-10-2-5(8)11-7/h2-3H,4H2,1H3,(H2,9,13). The Bertz CT molecular complexity index is 317. The van der Waals surface area contributed by atoms with Crippen LogP contribution in [0, 0.1) is 5.95 Å². The number of carbonyl (C=O) groups is 1. The summed E-state index contributed by atoms with van der Waals surface area (Å²) in [6.07, 6.45) is 2.34. The first-order valence-corrected chi connectivity index (χ1v) is 3.56. The first kappa shape index (κ1) is 9.37. The minimum absolute atomic E-state index is 0.0157. The van der Waals surface area contributed by atoms with Gasteiger partial charge in [0.2, 0.25) is 11.9 Å². The van der Waals surface area contributed by atoms with Crippen LogP contribution in [0.15, 0.2) is 12.4 Å². The first-order valence-electron chi connectivity index (χ1n) is 3.56. The number of aromatic nitrogens is 2. The predicted octanol–water partition coefficient (Wildman–Crippen LogP) is -0.463. The highest BCUT2D eigenvalue weighted by Gasteiger charge is 2.06. The number of likely N-dealkylation sites (N-methyl/N-ethyl adjacent to an activating group) is 1. The van der Waals surface area contributed by atoms with Gasteiger partial charge in [0.15, 0.2) is 5.82 Å². The Morgan fingerprint density at radius 3 is 2.92 bits per heavy atom. The van der Waals surface area contributed by atoms with Crippen LogP contribution >= 0.6 is 0 Å². The van der Waals surface area contributed by atoms with Crippen LogP contribution in [0.25, 0.3) is 0 Å². The molecule has 1 amide bonds. The van der Waals surface area contributed by atoms with E-state index in [1.54, 1.807) is 7.05 Å². The Balaban J connectivity index is 2.76. The van der Waals surface area contributed by atoms with Gasteiger partial charge in [0.1, 0.15) is 0 Å². The van der Waals surface area contributed by atoms with Gasteiger partial charge in [0, 0.05) is 7.05 Å². The van der Waals surface area contributed by atoms with Gasteiger partial charge in [0.05, 0.1) is 18.9 Å². The van der Waals surface area contributed by atoms with Crippen molar-refractivity contribution in [3.8, 4) is 0 Å². The van der Waals surface area contributed by atoms with Crippen molar-refractivity contribution in [2.45, 2.75) is 0 Å².